The molecule has 2 aromatic carbocycles. The average Bonchev–Trinajstić information content (AvgIpc) is 2.40. The number of rotatable bonds is 1. The van der Waals surface area contributed by atoms with Crippen molar-refractivity contribution < 1.29 is 0 Å². The number of aryl methyl sites for hydroxylation is 1. The van der Waals surface area contributed by atoms with Gasteiger partial charge in [0.05, 0.1) is 5.52 Å². The monoisotopic (exact) mass is 300 g/mol. The van der Waals surface area contributed by atoms with Crippen molar-refractivity contribution in [2.75, 3.05) is 0 Å². The lowest BCUT2D eigenvalue weighted by atomic mass is 10.1. The number of hydrogen-bond acceptors (Lipinski definition) is 1. The molecule has 0 saturated carbocycles. The van der Waals surface area contributed by atoms with E-state index in [0.29, 0.717) is 5.49 Å². The van der Waals surface area contributed by atoms with Gasteiger partial charge in [0.1, 0.15) is 5.49 Å². The Morgan fingerprint density at radius 1 is 1.00 bits per heavy atom. The van der Waals surface area contributed by atoms with Gasteiger partial charge < -0.3 is 4.57 Å². The SMILES string of the molecule is CCn1c(=N)c2ccccc2c2cccc(Br)c21. The maximum atomic E-state index is 8.36. The van der Waals surface area contributed by atoms with Crippen LogP contribution in [0, 0.1) is 5.41 Å². The van der Waals surface area contributed by atoms with E-state index in [1.54, 1.807) is 0 Å². The Labute approximate surface area is 114 Å². The number of hydrogen-bond donors (Lipinski definition) is 1. The molecule has 0 amide bonds. The molecule has 0 saturated heterocycles. The molecule has 2 nitrogen and oxygen atoms in total. The molecule has 3 heteroatoms. The minimum Gasteiger partial charge on any atom is -0.325 e. The molecule has 1 aromatic heterocycles. The first-order chi connectivity index (χ1) is 8.74. The molecule has 0 unspecified atom stereocenters. The minimum absolute atomic E-state index is 0.576. The van der Waals surface area contributed by atoms with Crippen LogP contribution in [0.5, 0.6) is 0 Å². The van der Waals surface area contributed by atoms with Crippen molar-refractivity contribution in [1.82, 2.24) is 4.57 Å². The molecule has 0 bridgehead atoms. The number of nitrogens with one attached hydrogen (secondary N) is 1. The third-order valence-electron chi connectivity index (χ3n) is 3.32. The van der Waals surface area contributed by atoms with E-state index in [0.717, 1.165) is 27.3 Å². The molecule has 0 aliphatic carbocycles. The predicted molar refractivity (Wildman–Crippen MR) is 78.7 cm³/mol. The van der Waals surface area contributed by atoms with Gasteiger partial charge in [-0.3, -0.25) is 5.41 Å². The van der Waals surface area contributed by atoms with Crippen LogP contribution in [0.2, 0.25) is 0 Å². The molecule has 3 aromatic rings. The number of aromatic nitrogens is 1. The van der Waals surface area contributed by atoms with E-state index >= 15 is 0 Å². The second-order valence-electron chi connectivity index (χ2n) is 4.27. The van der Waals surface area contributed by atoms with Crippen molar-refractivity contribution in [3.8, 4) is 0 Å². The quantitative estimate of drug-likeness (QED) is 0.657. The topological polar surface area (TPSA) is 28.8 Å². The third-order valence-corrected chi connectivity index (χ3v) is 3.96. The first-order valence-electron chi connectivity index (χ1n) is 5.98. The lowest BCUT2D eigenvalue weighted by Gasteiger charge is -2.14. The zero-order chi connectivity index (χ0) is 12.7. The summed E-state index contributed by atoms with van der Waals surface area (Å²) in [4.78, 5) is 0. The summed E-state index contributed by atoms with van der Waals surface area (Å²) in [5.41, 5.74) is 1.68. The van der Waals surface area contributed by atoms with E-state index in [2.05, 4.69) is 35.0 Å². The van der Waals surface area contributed by atoms with Crippen LogP contribution in [0.3, 0.4) is 0 Å². The molecule has 0 spiro atoms. The van der Waals surface area contributed by atoms with Crippen LogP contribution >= 0.6 is 15.9 Å². The number of nitrogens with zero attached hydrogens (tertiary/aromatic N) is 1. The second-order valence-corrected chi connectivity index (χ2v) is 5.13. The molecule has 0 radical (unpaired) electrons. The number of fused-ring (bicyclic) bond motifs is 3. The second kappa shape index (κ2) is 4.25. The average molecular weight is 301 g/mol. The largest absolute Gasteiger partial charge is 0.325 e. The van der Waals surface area contributed by atoms with E-state index in [9.17, 15) is 0 Å². The van der Waals surface area contributed by atoms with Gasteiger partial charge in [-0.25, -0.2) is 0 Å². The fraction of sp³-hybridized carbons (Fsp3) is 0.133. The van der Waals surface area contributed by atoms with E-state index in [1.165, 1.54) is 5.39 Å². The maximum Gasteiger partial charge on any atom is 0.133 e. The van der Waals surface area contributed by atoms with E-state index in [1.807, 2.05) is 34.9 Å². The van der Waals surface area contributed by atoms with Crippen LogP contribution in [-0.2, 0) is 6.54 Å². The summed E-state index contributed by atoms with van der Waals surface area (Å²) >= 11 is 3.60. The summed E-state index contributed by atoms with van der Waals surface area (Å²) in [6.45, 7) is 2.87. The van der Waals surface area contributed by atoms with Crippen LogP contribution in [0.25, 0.3) is 21.7 Å². The van der Waals surface area contributed by atoms with Crippen LogP contribution in [-0.4, -0.2) is 4.57 Å². The normalized spacial score (nSPS) is 11.2. The first kappa shape index (κ1) is 11.5. The van der Waals surface area contributed by atoms with Crippen LogP contribution in [0.15, 0.2) is 46.9 Å². The molecule has 0 aliphatic rings. The number of benzene rings is 2. The molecule has 90 valence electrons. The maximum absolute atomic E-state index is 8.36. The van der Waals surface area contributed by atoms with Gasteiger partial charge in [0.2, 0.25) is 0 Å². The zero-order valence-electron chi connectivity index (χ0n) is 10.1. The van der Waals surface area contributed by atoms with Gasteiger partial charge in [-0.2, -0.15) is 0 Å². The van der Waals surface area contributed by atoms with E-state index in [-0.39, 0.29) is 0 Å². The van der Waals surface area contributed by atoms with E-state index in [4.69, 9.17) is 5.41 Å². The molecule has 0 aliphatic heterocycles. The van der Waals surface area contributed by atoms with Crippen molar-refractivity contribution in [2.45, 2.75) is 13.5 Å². The van der Waals surface area contributed by atoms with Gasteiger partial charge in [0.15, 0.2) is 0 Å². The summed E-state index contributed by atoms with van der Waals surface area (Å²) in [6.07, 6.45) is 0. The summed E-state index contributed by atoms with van der Waals surface area (Å²) in [5.74, 6) is 0. The lowest BCUT2D eigenvalue weighted by Crippen LogP contribution is -2.20. The van der Waals surface area contributed by atoms with Gasteiger partial charge in [0.25, 0.3) is 0 Å². The standard InChI is InChI=1S/C15H13BrN2/c1-2-18-14-11(8-5-9-13(14)16)10-6-3-4-7-12(10)15(18)17/h3-9,17H,2H2,1H3. The Balaban J connectivity index is 2.72. The van der Waals surface area contributed by atoms with Crippen molar-refractivity contribution in [3.05, 3.63) is 52.4 Å². The predicted octanol–water partition coefficient (Wildman–Crippen LogP) is 4.06. The Bertz CT molecular complexity index is 803. The molecule has 18 heavy (non-hydrogen) atoms. The molecule has 3 rings (SSSR count). The number of para-hydroxylation sites is 1. The summed E-state index contributed by atoms with van der Waals surface area (Å²) in [7, 11) is 0. The summed E-state index contributed by atoms with van der Waals surface area (Å²) in [5, 5.41) is 11.7. The van der Waals surface area contributed by atoms with Gasteiger partial charge in [-0.05, 0) is 34.3 Å². The van der Waals surface area contributed by atoms with Gasteiger partial charge in [0, 0.05) is 21.8 Å². The third kappa shape index (κ3) is 1.51. The van der Waals surface area contributed by atoms with Crippen molar-refractivity contribution >= 4 is 37.6 Å². The van der Waals surface area contributed by atoms with Crippen molar-refractivity contribution in [2.24, 2.45) is 0 Å². The van der Waals surface area contributed by atoms with Gasteiger partial charge in [-0.15, -0.1) is 0 Å². The lowest BCUT2D eigenvalue weighted by molar-refractivity contribution is 0.740. The fourth-order valence-electron chi connectivity index (χ4n) is 2.50. The highest BCUT2D eigenvalue weighted by Crippen LogP contribution is 2.28. The number of halogens is 1. The highest BCUT2D eigenvalue weighted by Gasteiger charge is 2.09. The van der Waals surface area contributed by atoms with Crippen molar-refractivity contribution in [1.29, 1.82) is 5.41 Å². The Hall–Kier alpha value is -1.61. The molecule has 1 N–H and O–H groups in total. The summed E-state index contributed by atoms with van der Waals surface area (Å²) in [6, 6.07) is 14.3. The molecule has 0 atom stereocenters. The first-order valence-corrected chi connectivity index (χ1v) is 6.77. The Morgan fingerprint density at radius 3 is 2.39 bits per heavy atom. The number of pyridine rings is 1. The van der Waals surface area contributed by atoms with Gasteiger partial charge in [-0.1, -0.05) is 36.4 Å². The molecule has 0 fully saturated rings. The van der Waals surface area contributed by atoms with Crippen LogP contribution < -0.4 is 5.49 Å². The van der Waals surface area contributed by atoms with Gasteiger partial charge >= 0.3 is 0 Å². The molecule has 1 heterocycles. The van der Waals surface area contributed by atoms with E-state index < -0.39 is 0 Å². The van der Waals surface area contributed by atoms with Crippen molar-refractivity contribution in [3.63, 3.8) is 0 Å². The fourth-order valence-corrected chi connectivity index (χ4v) is 3.09. The zero-order valence-corrected chi connectivity index (χ0v) is 11.7. The smallest absolute Gasteiger partial charge is 0.133 e. The Morgan fingerprint density at radius 2 is 1.67 bits per heavy atom. The highest BCUT2D eigenvalue weighted by molar-refractivity contribution is 9.10. The minimum atomic E-state index is 0.576. The van der Waals surface area contributed by atoms with Crippen LogP contribution in [0.1, 0.15) is 6.92 Å². The Kier molecular flexibility index (Phi) is 2.71. The molecular weight excluding hydrogens is 288 g/mol. The van der Waals surface area contributed by atoms with Crippen LogP contribution in [0.4, 0.5) is 0 Å². The highest BCUT2D eigenvalue weighted by atomic mass is 79.9. The summed E-state index contributed by atoms with van der Waals surface area (Å²) < 4.78 is 3.09. The molecular formula is C15H13BrN2.